The average Bonchev–Trinajstić information content (AvgIpc) is 3.02. The quantitative estimate of drug-likeness (QED) is 0.492. The van der Waals surface area contributed by atoms with Crippen molar-refractivity contribution in [3.05, 3.63) is 96.8 Å². The Kier molecular flexibility index (Phi) is 3.43. The predicted molar refractivity (Wildman–Crippen MR) is 93.7 cm³/mol. The van der Waals surface area contributed by atoms with Gasteiger partial charge in [-0.15, -0.1) is 0 Å². The van der Waals surface area contributed by atoms with Crippen LogP contribution < -0.4 is 4.57 Å². The Morgan fingerprint density at radius 2 is 1.35 bits per heavy atom. The first kappa shape index (κ1) is 13.8. The molecule has 1 atom stereocenters. The van der Waals surface area contributed by atoms with Gasteiger partial charge in [-0.1, -0.05) is 60.7 Å². The van der Waals surface area contributed by atoms with Crippen LogP contribution in [0.2, 0.25) is 0 Å². The molecule has 0 aliphatic rings. The van der Waals surface area contributed by atoms with E-state index in [9.17, 15) is 0 Å². The van der Waals surface area contributed by atoms with Gasteiger partial charge < -0.3 is 0 Å². The summed E-state index contributed by atoms with van der Waals surface area (Å²) in [5.41, 5.74) is 4.96. The topological polar surface area (TPSA) is 8.81 Å². The van der Waals surface area contributed by atoms with E-state index in [1.807, 2.05) is 0 Å². The molecule has 2 nitrogen and oxygen atoms in total. The van der Waals surface area contributed by atoms with Gasteiger partial charge in [0.1, 0.15) is 11.7 Å². The minimum atomic E-state index is 0.283. The second kappa shape index (κ2) is 5.73. The zero-order chi connectivity index (χ0) is 15.6. The van der Waals surface area contributed by atoms with Crippen LogP contribution in [-0.4, -0.2) is 4.57 Å². The maximum Gasteiger partial charge on any atom is 0.250 e. The second-order valence-electron chi connectivity index (χ2n) is 5.80. The Bertz CT molecular complexity index is 924. The van der Waals surface area contributed by atoms with E-state index in [0.717, 1.165) is 0 Å². The average molecular weight is 299 g/mol. The van der Waals surface area contributed by atoms with Gasteiger partial charge in [-0.2, -0.15) is 4.57 Å². The number of benzene rings is 3. The first-order valence-corrected chi connectivity index (χ1v) is 7.96. The zero-order valence-corrected chi connectivity index (χ0v) is 13.1. The summed E-state index contributed by atoms with van der Waals surface area (Å²) in [6.07, 6.45) is 2.21. The summed E-state index contributed by atoms with van der Waals surface area (Å²) < 4.78 is 4.60. The molecule has 0 saturated carbocycles. The van der Waals surface area contributed by atoms with Crippen molar-refractivity contribution in [3.8, 4) is 5.69 Å². The Balaban J connectivity index is 1.92. The molecule has 2 heteroatoms. The van der Waals surface area contributed by atoms with Crippen molar-refractivity contribution in [1.82, 2.24) is 4.57 Å². The molecule has 4 rings (SSSR count). The van der Waals surface area contributed by atoms with Crippen LogP contribution in [0, 0.1) is 0 Å². The van der Waals surface area contributed by atoms with Crippen molar-refractivity contribution in [2.45, 2.75) is 13.0 Å². The van der Waals surface area contributed by atoms with Gasteiger partial charge >= 0.3 is 0 Å². The third-order valence-electron chi connectivity index (χ3n) is 4.39. The summed E-state index contributed by atoms with van der Waals surface area (Å²) in [6.45, 7) is 2.25. The van der Waals surface area contributed by atoms with E-state index in [1.54, 1.807) is 0 Å². The van der Waals surface area contributed by atoms with Crippen molar-refractivity contribution in [2.75, 3.05) is 0 Å². The molecule has 0 aliphatic heterocycles. The van der Waals surface area contributed by atoms with Gasteiger partial charge in [0, 0.05) is 0 Å². The van der Waals surface area contributed by atoms with Gasteiger partial charge in [0.05, 0.1) is 0 Å². The molecular formula is C21H19N2+. The summed E-state index contributed by atoms with van der Waals surface area (Å²) >= 11 is 0. The van der Waals surface area contributed by atoms with Crippen molar-refractivity contribution in [1.29, 1.82) is 0 Å². The molecule has 3 aromatic carbocycles. The van der Waals surface area contributed by atoms with Gasteiger partial charge in [-0.3, -0.25) is 0 Å². The normalized spacial score (nSPS) is 12.4. The Morgan fingerprint density at radius 3 is 2.09 bits per heavy atom. The molecule has 1 heterocycles. The van der Waals surface area contributed by atoms with Gasteiger partial charge in [0.15, 0.2) is 11.0 Å². The van der Waals surface area contributed by atoms with E-state index in [1.165, 1.54) is 22.3 Å². The van der Waals surface area contributed by atoms with Crippen molar-refractivity contribution in [3.63, 3.8) is 0 Å². The van der Waals surface area contributed by atoms with Crippen molar-refractivity contribution >= 4 is 11.0 Å². The molecule has 0 fully saturated rings. The molecule has 0 amide bonds. The number of hydrogen-bond acceptors (Lipinski definition) is 0. The first-order valence-electron chi connectivity index (χ1n) is 7.96. The van der Waals surface area contributed by atoms with Gasteiger partial charge in [0.25, 0.3) is 0 Å². The molecule has 0 bridgehead atoms. The van der Waals surface area contributed by atoms with Gasteiger partial charge in [-0.25, -0.2) is 4.57 Å². The highest BCUT2D eigenvalue weighted by Crippen LogP contribution is 2.20. The fraction of sp³-hybridized carbons (Fsp3) is 0.0952. The minimum Gasteiger partial charge on any atom is -0.223 e. The number of aromatic nitrogens is 2. The number of nitrogens with zero attached hydrogens (tertiary/aromatic N) is 2. The van der Waals surface area contributed by atoms with Crippen LogP contribution in [0.4, 0.5) is 0 Å². The molecule has 1 aromatic heterocycles. The van der Waals surface area contributed by atoms with Crippen molar-refractivity contribution < 1.29 is 4.57 Å². The van der Waals surface area contributed by atoms with Crippen molar-refractivity contribution in [2.24, 2.45) is 0 Å². The predicted octanol–water partition coefficient (Wildman–Crippen LogP) is 4.53. The molecule has 0 radical (unpaired) electrons. The van der Waals surface area contributed by atoms with E-state index in [2.05, 4.69) is 107 Å². The van der Waals surface area contributed by atoms with E-state index >= 15 is 0 Å². The Labute approximate surface area is 136 Å². The van der Waals surface area contributed by atoms with Gasteiger partial charge in [-0.05, 0) is 36.8 Å². The Morgan fingerprint density at radius 1 is 0.739 bits per heavy atom. The lowest BCUT2D eigenvalue weighted by molar-refractivity contribution is -0.685. The van der Waals surface area contributed by atoms with Crippen LogP contribution in [-0.2, 0) is 0 Å². The summed E-state index contributed by atoms with van der Waals surface area (Å²) in [4.78, 5) is 0. The van der Waals surface area contributed by atoms with E-state index < -0.39 is 0 Å². The molecule has 4 aromatic rings. The zero-order valence-electron chi connectivity index (χ0n) is 13.1. The highest BCUT2D eigenvalue weighted by Gasteiger charge is 2.21. The standard InChI is InChI=1S/C21H19N2/c1-17(18-10-4-2-5-11-18)22-16-23(19-12-6-3-7-13-19)21-15-9-8-14-20(21)22/h2-17H,1H3/q+1/t17-/m0/s1. The molecule has 0 aliphatic carbocycles. The van der Waals surface area contributed by atoms with Gasteiger partial charge in [0.2, 0.25) is 6.33 Å². The van der Waals surface area contributed by atoms with E-state index in [0.29, 0.717) is 0 Å². The molecule has 0 unspecified atom stereocenters. The minimum absolute atomic E-state index is 0.283. The fourth-order valence-electron chi connectivity index (χ4n) is 3.13. The lowest BCUT2D eigenvalue weighted by Gasteiger charge is -2.08. The lowest BCUT2D eigenvalue weighted by atomic mass is 10.1. The number of rotatable bonds is 3. The second-order valence-corrected chi connectivity index (χ2v) is 5.80. The third-order valence-corrected chi connectivity index (χ3v) is 4.39. The summed E-state index contributed by atoms with van der Waals surface area (Å²) in [6, 6.07) is 30.0. The largest absolute Gasteiger partial charge is 0.250 e. The smallest absolute Gasteiger partial charge is 0.223 e. The summed E-state index contributed by atoms with van der Waals surface area (Å²) in [7, 11) is 0. The third kappa shape index (κ3) is 2.42. The summed E-state index contributed by atoms with van der Waals surface area (Å²) in [5.74, 6) is 0. The number of hydrogen-bond donors (Lipinski definition) is 0. The molecule has 0 saturated heterocycles. The van der Waals surface area contributed by atoms with Crippen LogP contribution in [0.25, 0.3) is 16.7 Å². The molecule has 0 N–H and O–H groups in total. The maximum atomic E-state index is 2.34. The maximum absolute atomic E-state index is 2.34. The van der Waals surface area contributed by atoms with Crippen LogP contribution in [0.5, 0.6) is 0 Å². The summed E-state index contributed by atoms with van der Waals surface area (Å²) in [5, 5.41) is 0. The van der Waals surface area contributed by atoms with E-state index in [4.69, 9.17) is 0 Å². The monoisotopic (exact) mass is 299 g/mol. The van der Waals surface area contributed by atoms with Crippen LogP contribution in [0.1, 0.15) is 18.5 Å². The highest BCUT2D eigenvalue weighted by molar-refractivity contribution is 5.74. The molecule has 23 heavy (non-hydrogen) atoms. The lowest BCUT2D eigenvalue weighted by Crippen LogP contribution is -2.37. The number of para-hydroxylation sites is 3. The fourth-order valence-corrected chi connectivity index (χ4v) is 3.13. The van der Waals surface area contributed by atoms with Crippen LogP contribution in [0.3, 0.4) is 0 Å². The van der Waals surface area contributed by atoms with E-state index in [-0.39, 0.29) is 6.04 Å². The molecular weight excluding hydrogens is 280 g/mol. The molecule has 0 spiro atoms. The molecule has 112 valence electrons. The number of imidazole rings is 1. The highest BCUT2D eigenvalue weighted by atomic mass is 15.2. The van der Waals surface area contributed by atoms with Crippen LogP contribution >= 0.6 is 0 Å². The Hall–Kier alpha value is -2.87. The SMILES string of the molecule is C[C@@H](c1ccccc1)[n+]1cn(-c2ccccc2)c2ccccc21. The first-order chi connectivity index (χ1) is 11.3. The number of fused-ring (bicyclic) bond motifs is 1. The van der Waals surface area contributed by atoms with Crippen LogP contribution in [0.15, 0.2) is 91.3 Å².